The van der Waals surface area contributed by atoms with Crippen LogP contribution in [0.3, 0.4) is 0 Å². The van der Waals surface area contributed by atoms with Gasteiger partial charge in [0.15, 0.2) is 12.1 Å². The van der Waals surface area contributed by atoms with Crippen LogP contribution in [0.4, 0.5) is 0 Å². The van der Waals surface area contributed by atoms with Gasteiger partial charge in [-0.05, 0) is 31.4 Å². The zero-order chi connectivity index (χ0) is 16.2. The molecule has 0 atom stereocenters. The van der Waals surface area contributed by atoms with Crippen molar-refractivity contribution in [2.75, 3.05) is 13.2 Å². The number of Topliss-reactive ketones (excluding diaryl/α,β-unsaturated/α-hetero) is 1. The highest BCUT2D eigenvalue weighted by Gasteiger charge is 2.27. The lowest BCUT2D eigenvalue weighted by Crippen LogP contribution is -2.37. The lowest BCUT2D eigenvalue weighted by Gasteiger charge is -2.34. The highest BCUT2D eigenvalue weighted by Crippen LogP contribution is 2.28. The van der Waals surface area contributed by atoms with Gasteiger partial charge in [0.1, 0.15) is 0 Å². The molecule has 0 saturated carbocycles. The minimum atomic E-state index is -0.141. The average Bonchev–Trinajstić information content (AvgIpc) is 2.47. The normalized spacial score (nSPS) is 18.4. The first-order chi connectivity index (χ1) is 10.4. The summed E-state index contributed by atoms with van der Waals surface area (Å²) in [6.07, 6.45) is 2.80. The summed E-state index contributed by atoms with van der Waals surface area (Å²) in [5, 5.41) is 0.759. The molecule has 0 radical (unpaired) electrons. The fourth-order valence-corrected chi connectivity index (χ4v) is 2.75. The molecular formula is C17H22Cl2O3. The summed E-state index contributed by atoms with van der Waals surface area (Å²) >= 11 is 12.0. The fourth-order valence-electron chi connectivity index (χ4n) is 2.34. The number of hydrogen-bond acceptors (Lipinski definition) is 3. The van der Waals surface area contributed by atoms with E-state index in [-0.39, 0.29) is 17.5 Å². The van der Waals surface area contributed by atoms with Gasteiger partial charge in [0.05, 0.1) is 23.3 Å². The molecule has 1 heterocycles. The summed E-state index contributed by atoms with van der Waals surface area (Å²) < 4.78 is 11.3. The monoisotopic (exact) mass is 344 g/mol. The van der Waals surface area contributed by atoms with E-state index in [1.165, 1.54) is 0 Å². The maximum Gasteiger partial charge on any atom is 0.164 e. The first kappa shape index (κ1) is 17.7. The molecule has 22 heavy (non-hydrogen) atoms. The van der Waals surface area contributed by atoms with E-state index in [1.807, 2.05) is 0 Å². The summed E-state index contributed by atoms with van der Waals surface area (Å²) in [6, 6.07) is 5.14. The number of halogens is 2. The first-order valence-electron chi connectivity index (χ1n) is 7.59. The van der Waals surface area contributed by atoms with Gasteiger partial charge in [-0.15, -0.1) is 0 Å². The van der Waals surface area contributed by atoms with Gasteiger partial charge in [0.2, 0.25) is 0 Å². The SMILES string of the molecule is CC1(C)COC(CCCCC(=O)c2cccc(Cl)c2Cl)OC1. The summed E-state index contributed by atoms with van der Waals surface area (Å²) in [7, 11) is 0. The number of ketones is 1. The van der Waals surface area contributed by atoms with Gasteiger partial charge in [-0.1, -0.05) is 43.1 Å². The fraction of sp³-hybridized carbons (Fsp3) is 0.588. The van der Waals surface area contributed by atoms with E-state index in [0.29, 0.717) is 35.2 Å². The molecule has 1 fully saturated rings. The van der Waals surface area contributed by atoms with Gasteiger partial charge in [-0.2, -0.15) is 0 Å². The van der Waals surface area contributed by atoms with Crippen LogP contribution >= 0.6 is 23.2 Å². The highest BCUT2D eigenvalue weighted by atomic mass is 35.5. The van der Waals surface area contributed by atoms with Crippen molar-refractivity contribution in [3.63, 3.8) is 0 Å². The van der Waals surface area contributed by atoms with E-state index < -0.39 is 0 Å². The molecule has 0 aliphatic carbocycles. The molecule has 1 saturated heterocycles. The zero-order valence-electron chi connectivity index (χ0n) is 13.0. The van der Waals surface area contributed by atoms with E-state index in [1.54, 1.807) is 18.2 Å². The van der Waals surface area contributed by atoms with Crippen molar-refractivity contribution in [1.29, 1.82) is 0 Å². The van der Waals surface area contributed by atoms with Crippen molar-refractivity contribution >= 4 is 29.0 Å². The third-order valence-electron chi connectivity index (χ3n) is 3.67. The molecule has 1 aromatic carbocycles. The minimum Gasteiger partial charge on any atom is -0.352 e. The van der Waals surface area contributed by atoms with E-state index in [0.717, 1.165) is 19.3 Å². The van der Waals surface area contributed by atoms with Crippen LogP contribution in [0.5, 0.6) is 0 Å². The average molecular weight is 345 g/mol. The summed E-state index contributed by atoms with van der Waals surface area (Å²) in [5.41, 5.74) is 0.594. The van der Waals surface area contributed by atoms with E-state index in [2.05, 4.69) is 13.8 Å². The summed E-state index contributed by atoms with van der Waals surface area (Å²) in [4.78, 5) is 12.1. The molecule has 0 bridgehead atoms. The molecule has 0 unspecified atom stereocenters. The van der Waals surface area contributed by atoms with Gasteiger partial charge in [0.25, 0.3) is 0 Å². The Morgan fingerprint density at radius 1 is 1.23 bits per heavy atom. The second-order valence-corrected chi connectivity index (χ2v) is 7.27. The molecule has 5 heteroatoms. The topological polar surface area (TPSA) is 35.5 Å². The second kappa shape index (κ2) is 7.78. The number of carbonyl (C=O) groups excluding carboxylic acids is 1. The van der Waals surface area contributed by atoms with Crippen LogP contribution in [-0.2, 0) is 9.47 Å². The maximum absolute atomic E-state index is 12.1. The number of rotatable bonds is 6. The Balaban J connectivity index is 1.71. The number of benzene rings is 1. The van der Waals surface area contributed by atoms with E-state index in [9.17, 15) is 4.79 Å². The van der Waals surface area contributed by atoms with Crippen LogP contribution in [0.15, 0.2) is 18.2 Å². The highest BCUT2D eigenvalue weighted by molar-refractivity contribution is 6.43. The molecule has 122 valence electrons. The predicted molar refractivity (Wildman–Crippen MR) is 88.7 cm³/mol. The van der Waals surface area contributed by atoms with Crippen molar-refractivity contribution in [2.24, 2.45) is 5.41 Å². The molecule has 2 rings (SSSR count). The van der Waals surface area contributed by atoms with Crippen molar-refractivity contribution in [1.82, 2.24) is 0 Å². The zero-order valence-corrected chi connectivity index (χ0v) is 14.5. The number of ether oxygens (including phenoxy) is 2. The molecule has 1 aliphatic rings. The lowest BCUT2D eigenvalue weighted by atomic mass is 9.95. The number of hydrogen-bond donors (Lipinski definition) is 0. The van der Waals surface area contributed by atoms with Gasteiger partial charge >= 0.3 is 0 Å². The van der Waals surface area contributed by atoms with Crippen molar-refractivity contribution in [2.45, 2.75) is 45.8 Å². The Morgan fingerprint density at radius 3 is 2.59 bits per heavy atom. The maximum atomic E-state index is 12.1. The Labute approximate surface area is 141 Å². The van der Waals surface area contributed by atoms with Crippen molar-refractivity contribution < 1.29 is 14.3 Å². The van der Waals surface area contributed by atoms with Crippen molar-refractivity contribution in [3.05, 3.63) is 33.8 Å². The van der Waals surface area contributed by atoms with Crippen LogP contribution in [0, 0.1) is 5.41 Å². The first-order valence-corrected chi connectivity index (χ1v) is 8.35. The standard InChI is InChI=1S/C17H22Cl2O3/c1-17(2)10-21-15(22-11-17)9-4-3-8-14(20)12-6-5-7-13(18)16(12)19/h5-7,15H,3-4,8-11H2,1-2H3. The Morgan fingerprint density at radius 2 is 1.91 bits per heavy atom. The smallest absolute Gasteiger partial charge is 0.164 e. The Bertz CT molecular complexity index is 519. The van der Waals surface area contributed by atoms with Gasteiger partial charge in [0, 0.05) is 17.4 Å². The van der Waals surface area contributed by atoms with Gasteiger partial charge in [-0.3, -0.25) is 4.79 Å². The predicted octanol–water partition coefficient (Wildman–Crippen LogP) is 5.14. The third-order valence-corrected chi connectivity index (χ3v) is 4.48. The van der Waals surface area contributed by atoms with Crippen LogP contribution in [0.25, 0.3) is 0 Å². The molecule has 3 nitrogen and oxygen atoms in total. The molecule has 1 aliphatic heterocycles. The molecule has 1 aromatic rings. The van der Waals surface area contributed by atoms with Gasteiger partial charge < -0.3 is 9.47 Å². The van der Waals surface area contributed by atoms with E-state index >= 15 is 0 Å². The third kappa shape index (κ3) is 4.95. The number of unbranched alkanes of at least 4 members (excludes halogenated alkanes) is 1. The number of carbonyl (C=O) groups is 1. The quantitative estimate of drug-likeness (QED) is 0.529. The summed E-state index contributed by atoms with van der Waals surface area (Å²) in [6.45, 7) is 5.68. The largest absolute Gasteiger partial charge is 0.352 e. The van der Waals surface area contributed by atoms with Crippen LogP contribution in [0.2, 0.25) is 10.0 Å². The van der Waals surface area contributed by atoms with Crippen molar-refractivity contribution in [3.8, 4) is 0 Å². The van der Waals surface area contributed by atoms with Crippen LogP contribution < -0.4 is 0 Å². The molecule has 0 aromatic heterocycles. The van der Waals surface area contributed by atoms with Crippen LogP contribution in [0.1, 0.15) is 49.9 Å². The minimum absolute atomic E-state index is 0.0270. The Hall–Kier alpha value is -0.610. The van der Waals surface area contributed by atoms with E-state index in [4.69, 9.17) is 32.7 Å². The lowest BCUT2D eigenvalue weighted by molar-refractivity contribution is -0.224. The molecular weight excluding hydrogens is 323 g/mol. The van der Waals surface area contributed by atoms with Crippen LogP contribution in [-0.4, -0.2) is 25.3 Å². The molecule has 0 N–H and O–H groups in total. The molecule has 0 spiro atoms. The van der Waals surface area contributed by atoms with Gasteiger partial charge in [-0.25, -0.2) is 0 Å². The Kier molecular flexibility index (Phi) is 6.27. The molecule has 0 amide bonds. The summed E-state index contributed by atoms with van der Waals surface area (Å²) in [5.74, 6) is 0.0270. The second-order valence-electron chi connectivity index (χ2n) is 6.49.